The van der Waals surface area contributed by atoms with Crippen LogP contribution in [-0.2, 0) is 16.0 Å². The number of carbonyl (C=O) groups excluding carboxylic acids is 1. The van der Waals surface area contributed by atoms with Crippen molar-refractivity contribution in [1.29, 1.82) is 5.26 Å². The number of hydrogen-bond acceptors (Lipinski definition) is 4. The number of carbonyl (C=O) groups is 1. The Morgan fingerprint density at radius 2 is 1.72 bits per heavy atom. The molecule has 0 bridgehead atoms. The summed E-state index contributed by atoms with van der Waals surface area (Å²) >= 11 is 0. The van der Waals surface area contributed by atoms with E-state index in [9.17, 15) is 39.6 Å². The molecule has 7 nitrogen and oxygen atoms in total. The van der Waals surface area contributed by atoms with E-state index in [-0.39, 0.29) is 11.4 Å². The van der Waals surface area contributed by atoms with Crippen molar-refractivity contribution in [2.45, 2.75) is 29.5 Å². The summed E-state index contributed by atoms with van der Waals surface area (Å²) in [6.45, 7) is 8.78. The van der Waals surface area contributed by atoms with Crippen molar-refractivity contribution in [3.63, 3.8) is 0 Å². The van der Waals surface area contributed by atoms with Crippen LogP contribution in [0.25, 0.3) is 4.85 Å². The summed E-state index contributed by atoms with van der Waals surface area (Å²) in [6.07, 6.45) is -4.74. The minimum Gasteiger partial charge on any atom is -0.325 e. The lowest BCUT2D eigenvalue weighted by Crippen LogP contribution is -2.47. The SMILES string of the molecule is [C-]#[N+]C1=C(C)N(c2cccc(C(F)(F)F)c2)C(=O)N(C)[C@@H]1c1ccc(C#N)cc1S(=O)(=O)C(F)(F)F. The normalized spacial score (nSPS) is 17.2. The van der Waals surface area contributed by atoms with E-state index in [4.69, 9.17) is 11.8 Å². The van der Waals surface area contributed by atoms with Crippen LogP contribution in [0.2, 0.25) is 0 Å². The van der Waals surface area contributed by atoms with Gasteiger partial charge in [-0.1, -0.05) is 12.1 Å². The Balaban J connectivity index is 2.29. The molecule has 3 rings (SSSR count). The van der Waals surface area contributed by atoms with Crippen molar-refractivity contribution < 1.29 is 39.6 Å². The van der Waals surface area contributed by atoms with Gasteiger partial charge in [-0.25, -0.2) is 18.1 Å². The van der Waals surface area contributed by atoms with Crippen LogP contribution in [0.1, 0.15) is 29.7 Å². The second kappa shape index (κ2) is 8.87. The third kappa shape index (κ3) is 4.35. The Morgan fingerprint density at radius 1 is 1.08 bits per heavy atom. The van der Waals surface area contributed by atoms with Gasteiger partial charge in [0.2, 0.25) is 5.70 Å². The van der Waals surface area contributed by atoms with Crippen molar-refractivity contribution in [3.05, 3.63) is 82.0 Å². The van der Waals surface area contributed by atoms with Crippen LogP contribution in [0, 0.1) is 17.9 Å². The van der Waals surface area contributed by atoms with Crippen molar-refractivity contribution >= 4 is 21.6 Å². The molecule has 0 saturated carbocycles. The first kappa shape index (κ1) is 26.6. The maximum absolute atomic E-state index is 13.4. The molecular formula is C22H14F6N4O3S. The fourth-order valence-corrected chi connectivity index (χ4v) is 4.74. The van der Waals surface area contributed by atoms with Crippen LogP contribution in [0.5, 0.6) is 0 Å². The first-order chi connectivity index (χ1) is 16.6. The minimum atomic E-state index is -6.02. The minimum absolute atomic E-state index is 0.211. The zero-order valence-corrected chi connectivity index (χ0v) is 19.1. The number of nitriles is 1. The monoisotopic (exact) mass is 528 g/mol. The maximum atomic E-state index is 13.4. The van der Waals surface area contributed by atoms with Gasteiger partial charge < -0.3 is 4.90 Å². The molecule has 0 fully saturated rings. The molecule has 0 radical (unpaired) electrons. The molecule has 1 heterocycles. The second-order valence-electron chi connectivity index (χ2n) is 7.58. The molecule has 0 aromatic heterocycles. The lowest BCUT2D eigenvalue weighted by Gasteiger charge is -2.40. The molecule has 36 heavy (non-hydrogen) atoms. The topological polar surface area (TPSA) is 85.8 Å². The maximum Gasteiger partial charge on any atom is 0.501 e. The van der Waals surface area contributed by atoms with E-state index in [0.717, 1.165) is 41.1 Å². The number of sulfone groups is 1. The van der Waals surface area contributed by atoms with Gasteiger partial charge in [0.1, 0.15) is 0 Å². The van der Waals surface area contributed by atoms with Crippen molar-refractivity contribution in [3.8, 4) is 6.07 Å². The largest absolute Gasteiger partial charge is 0.501 e. The first-order valence-corrected chi connectivity index (χ1v) is 11.2. The third-order valence-electron chi connectivity index (χ3n) is 5.43. The summed E-state index contributed by atoms with van der Waals surface area (Å²) in [4.78, 5) is 16.7. The Labute approximate surface area is 201 Å². The summed E-state index contributed by atoms with van der Waals surface area (Å²) in [7, 11) is -4.96. The predicted octanol–water partition coefficient (Wildman–Crippen LogP) is 5.63. The summed E-state index contributed by atoms with van der Waals surface area (Å²) < 4.78 is 105. The molecule has 188 valence electrons. The molecule has 0 saturated heterocycles. The van der Waals surface area contributed by atoms with Gasteiger partial charge in [0, 0.05) is 18.4 Å². The van der Waals surface area contributed by atoms with Crippen molar-refractivity contribution in [1.82, 2.24) is 4.90 Å². The van der Waals surface area contributed by atoms with Gasteiger partial charge in [0.05, 0.1) is 34.7 Å². The molecule has 14 heteroatoms. The van der Waals surface area contributed by atoms with E-state index in [2.05, 4.69) is 4.85 Å². The molecule has 2 amide bonds. The van der Waals surface area contributed by atoms with Gasteiger partial charge >= 0.3 is 17.7 Å². The molecule has 1 atom stereocenters. The summed E-state index contributed by atoms with van der Waals surface area (Å²) in [5.41, 5.74) is -8.73. The Kier molecular flexibility index (Phi) is 6.55. The van der Waals surface area contributed by atoms with Crippen LogP contribution in [0.15, 0.2) is 58.8 Å². The summed E-state index contributed by atoms with van der Waals surface area (Å²) in [5, 5.41) is 9.07. The highest BCUT2D eigenvalue weighted by atomic mass is 32.2. The van der Waals surface area contributed by atoms with E-state index < -0.39 is 60.9 Å². The number of rotatable bonds is 3. The molecule has 0 spiro atoms. The first-order valence-electron chi connectivity index (χ1n) is 9.74. The number of alkyl halides is 6. The number of allylic oxidation sites excluding steroid dienone is 1. The third-order valence-corrected chi connectivity index (χ3v) is 6.97. The Bertz CT molecular complexity index is 1470. The molecule has 0 unspecified atom stereocenters. The van der Waals surface area contributed by atoms with Gasteiger partial charge in [-0.2, -0.15) is 31.6 Å². The number of urea groups is 1. The molecule has 2 aromatic carbocycles. The molecule has 1 aliphatic heterocycles. The Morgan fingerprint density at radius 3 is 2.25 bits per heavy atom. The number of benzene rings is 2. The average Bonchev–Trinajstić information content (AvgIpc) is 2.80. The van der Waals surface area contributed by atoms with Gasteiger partial charge in [0.25, 0.3) is 9.84 Å². The van der Waals surface area contributed by atoms with Crippen molar-refractivity contribution in [2.75, 3.05) is 11.9 Å². The number of nitrogens with zero attached hydrogens (tertiary/aromatic N) is 4. The van der Waals surface area contributed by atoms with Crippen LogP contribution in [-0.4, -0.2) is 31.9 Å². The summed E-state index contributed by atoms with van der Waals surface area (Å²) in [5.74, 6) is 0. The highest BCUT2D eigenvalue weighted by Crippen LogP contribution is 2.44. The lowest BCUT2D eigenvalue weighted by molar-refractivity contribution is -0.137. The standard InChI is InChI=1S/C22H14F6N4O3S/c1-12-18(30-2)19(16-8-7-13(11-29)9-17(16)36(34,35)22(26,27)28)31(3)20(33)32(12)15-6-4-5-14(10-15)21(23,24)25/h4-10,19H,1,3H3/t19-/m1/s1. The predicted molar refractivity (Wildman–Crippen MR) is 114 cm³/mol. The number of hydrogen-bond donors (Lipinski definition) is 0. The summed E-state index contributed by atoms with van der Waals surface area (Å²) in [6, 6.07) is 4.93. The number of likely N-dealkylation sites (N-methyl/N-ethyl adjacent to an activating group) is 1. The zero-order valence-electron chi connectivity index (χ0n) is 18.3. The quantitative estimate of drug-likeness (QED) is 0.382. The highest BCUT2D eigenvalue weighted by Gasteiger charge is 2.50. The van der Waals surface area contributed by atoms with E-state index >= 15 is 0 Å². The molecule has 1 aliphatic rings. The number of amides is 2. The fraction of sp³-hybridized carbons (Fsp3) is 0.227. The smallest absolute Gasteiger partial charge is 0.325 e. The van der Waals surface area contributed by atoms with Crippen LogP contribution in [0.4, 0.5) is 36.8 Å². The second-order valence-corrected chi connectivity index (χ2v) is 9.49. The van der Waals surface area contributed by atoms with E-state index in [0.29, 0.717) is 12.1 Å². The number of halogens is 6. The van der Waals surface area contributed by atoms with Crippen LogP contribution >= 0.6 is 0 Å². The van der Waals surface area contributed by atoms with Crippen LogP contribution in [0.3, 0.4) is 0 Å². The van der Waals surface area contributed by atoms with Gasteiger partial charge in [-0.05, 0) is 42.8 Å². The molecule has 2 aromatic rings. The number of anilines is 1. The van der Waals surface area contributed by atoms with Gasteiger partial charge in [-0.15, -0.1) is 0 Å². The lowest BCUT2D eigenvalue weighted by atomic mass is 9.97. The average molecular weight is 528 g/mol. The highest BCUT2D eigenvalue weighted by molar-refractivity contribution is 7.92. The van der Waals surface area contributed by atoms with Crippen molar-refractivity contribution in [2.24, 2.45) is 0 Å². The fourth-order valence-electron chi connectivity index (χ4n) is 3.72. The van der Waals surface area contributed by atoms with E-state index in [1.54, 1.807) is 0 Å². The molecule has 0 aliphatic carbocycles. The molecular weight excluding hydrogens is 514 g/mol. The van der Waals surface area contributed by atoms with Gasteiger partial charge in [0.15, 0.2) is 0 Å². The van der Waals surface area contributed by atoms with E-state index in [1.807, 2.05) is 0 Å². The van der Waals surface area contributed by atoms with E-state index in [1.165, 1.54) is 19.1 Å². The molecule has 0 N–H and O–H groups in total. The van der Waals surface area contributed by atoms with Gasteiger partial charge in [-0.3, -0.25) is 4.90 Å². The zero-order chi connectivity index (χ0) is 27.2. The Hall–Kier alpha value is -4.04. The van der Waals surface area contributed by atoms with Crippen LogP contribution < -0.4 is 4.90 Å².